The Hall–Kier alpha value is -0.400. The zero-order valence-electron chi connectivity index (χ0n) is 5.24. The highest BCUT2D eigenvalue weighted by molar-refractivity contribution is 7.90. The van der Waals surface area contributed by atoms with Crippen molar-refractivity contribution in [2.75, 3.05) is 7.11 Å². The first kappa shape index (κ1) is 10.6. The molecule has 66 valence electrons. The third-order valence-corrected chi connectivity index (χ3v) is 2.75. The summed E-state index contributed by atoms with van der Waals surface area (Å²) < 4.78 is 32.8. The second-order valence-electron chi connectivity index (χ2n) is 1.44. The Morgan fingerprint density at radius 1 is 1.73 bits per heavy atom. The van der Waals surface area contributed by atoms with Crippen LogP contribution in [0.4, 0.5) is 4.39 Å². The maximum atomic E-state index is 12.4. The first-order valence-corrected chi connectivity index (χ1v) is 3.95. The van der Waals surface area contributed by atoms with E-state index in [9.17, 15) is 17.6 Å². The summed E-state index contributed by atoms with van der Waals surface area (Å²) in [6.07, 6.45) is 0. The molecule has 0 aliphatic heterocycles. The molecule has 0 spiro atoms. The summed E-state index contributed by atoms with van der Waals surface area (Å²) in [5.74, 6) is -2.33. The van der Waals surface area contributed by atoms with Crippen LogP contribution in [0.3, 0.4) is 0 Å². The van der Waals surface area contributed by atoms with E-state index in [-0.39, 0.29) is 0 Å². The molecule has 0 aliphatic rings. The van der Waals surface area contributed by atoms with Gasteiger partial charge >= 0.3 is 20.5 Å². The van der Waals surface area contributed by atoms with Crippen molar-refractivity contribution in [3.05, 3.63) is 0 Å². The maximum absolute atomic E-state index is 12.4. The highest BCUT2D eigenvalue weighted by Crippen LogP contribution is 2.25. The molecule has 0 radical (unpaired) electrons. The molecular formula is C3H4ClFO5S. The van der Waals surface area contributed by atoms with Crippen LogP contribution in [-0.2, 0) is 19.1 Å². The standard InChI is InChI=1S/C3H4ClFO5S/c1-10-11(8,9)3(4,5)2(6)7/h1H3,(H,6,7). The van der Waals surface area contributed by atoms with E-state index in [1.165, 1.54) is 0 Å². The molecule has 11 heavy (non-hydrogen) atoms. The number of halogens is 2. The number of alkyl halides is 2. The van der Waals surface area contributed by atoms with Crippen LogP contribution in [0.1, 0.15) is 0 Å². The average molecular weight is 207 g/mol. The number of rotatable bonds is 3. The zero-order valence-corrected chi connectivity index (χ0v) is 6.82. The predicted molar refractivity (Wildman–Crippen MR) is 33.3 cm³/mol. The van der Waals surface area contributed by atoms with Gasteiger partial charge in [-0.05, 0) is 0 Å². The van der Waals surface area contributed by atoms with E-state index in [0.717, 1.165) is 0 Å². The molecule has 0 amide bonds. The van der Waals surface area contributed by atoms with Crippen LogP contribution < -0.4 is 0 Å². The topological polar surface area (TPSA) is 80.7 Å². The van der Waals surface area contributed by atoms with Crippen LogP contribution in [0.15, 0.2) is 0 Å². The van der Waals surface area contributed by atoms with Gasteiger partial charge in [0.25, 0.3) is 0 Å². The Balaban J connectivity index is 5.01. The molecule has 8 heteroatoms. The molecule has 1 N–H and O–H groups in total. The fourth-order valence-corrected chi connectivity index (χ4v) is 0.824. The van der Waals surface area contributed by atoms with Crippen LogP contribution in [0.5, 0.6) is 0 Å². The lowest BCUT2D eigenvalue weighted by molar-refractivity contribution is -0.141. The van der Waals surface area contributed by atoms with Crippen LogP contribution in [0, 0.1) is 0 Å². The van der Waals surface area contributed by atoms with Gasteiger partial charge in [0.2, 0.25) is 0 Å². The minimum absolute atomic E-state index is 0.606. The highest BCUT2D eigenvalue weighted by atomic mass is 35.5. The van der Waals surface area contributed by atoms with Gasteiger partial charge in [0.15, 0.2) is 0 Å². The lowest BCUT2D eigenvalue weighted by atomic mass is 10.8. The Bertz CT molecular complexity index is 257. The molecule has 0 rings (SSSR count). The van der Waals surface area contributed by atoms with Crippen molar-refractivity contribution in [2.24, 2.45) is 0 Å². The maximum Gasteiger partial charge on any atom is 0.403 e. The summed E-state index contributed by atoms with van der Waals surface area (Å²) in [5, 5.41) is 7.94. The molecule has 0 heterocycles. The number of hydrogen-bond donors (Lipinski definition) is 1. The fourth-order valence-electron chi connectivity index (χ4n) is 0.212. The van der Waals surface area contributed by atoms with Crippen molar-refractivity contribution >= 4 is 27.7 Å². The summed E-state index contributed by atoms with van der Waals surface area (Å²) in [7, 11) is -4.29. The van der Waals surface area contributed by atoms with Crippen molar-refractivity contribution in [3.63, 3.8) is 0 Å². The van der Waals surface area contributed by atoms with Crippen LogP contribution in [-0.4, -0.2) is 31.1 Å². The van der Waals surface area contributed by atoms with Crippen molar-refractivity contribution < 1.29 is 26.9 Å². The molecule has 5 nitrogen and oxygen atoms in total. The van der Waals surface area contributed by atoms with Gasteiger partial charge in [-0.25, -0.2) is 4.79 Å². The third kappa shape index (κ3) is 1.79. The second kappa shape index (κ2) is 2.92. The summed E-state index contributed by atoms with van der Waals surface area (Å²) in [4.78, 5) is 9.86. The Morgan fingerprint density at radius 2 is 2.09 bits per heavy atom. The number of aliphatic carboxylic acids is 1. The van der Waals surface area contributed by atoms with E-state index in [1.54, 1.807) is 0 Å². The SMILES string of the molecule is COS(=O)(=O)C(F)(Cl)C(=O)O. The molecule has 0 aromatic rings. The number of carboxylic acids is 1. The van der Waals surface area contributed by atoms with E-state index in [0.29, 0.717) is 7.11 Å². The third-order valence-electron chi connectivity index (χ3n) is 0.782. The van der Waals surface area contributed by atoms with Crippen LogP contribution in [0.2, 0.25) is 0 Å². The molecule has 1 atom stereocenters. The Morgan fingerprint density at radius 3 is 2.18 bits per heavy atom. The number of carbonyl (C=O) groups is 1. The largest absolute Gasteiger partial charge is 0.477 e. The van der Waals surface area contributed by atoms with Gasteiger partial charge in [0, 0.05) is 0 Å². The normalized spacial score (nSPS) is 17.4. The molecule has 0 saturated heterocycles. The van der Waals surface area contributed by atoms with Gasteiger partial charge in [0.05, 0.1) is 7.11 Å². The van der Waals surface area contributed by atoms with E-state index < -0.39 is 20.5 Å². The monoisotopic (exact) mass is 206 g/mol. The van der Waals surface area contributed by atoms with Crippen LogP contribution in [0.25, 0.3) is 0 Å². The number of carboxylic acid groups (broad SMARTS) is 1. The van der Waals surface area contributed by atoms with Gasteiger partial charge in [-0.3, -0.25) is 4.18 Å². The first-order valence-electron chi connectivity index (χ1n) is 2.17. The van der Waals surface area contributed by atoms with Gasteiger partial charge in [0.1, 0.15) is 0 Å². The molecule has 0 fully saturated rings. The molecule has 0 aliphatic carbocycles. The minimum atomic E-state index is -4.90. The highest BCUT2D eigenvalue weighted by Gasteiger charge is 2.51. The predicted octanol–water partition coefficient (Wildman–Crippen LogP) is -0.0907. The van der Waals surface area contributed by atoms with Gasteiger partial charge < -0.3 is 5.11 Å². The average Bonchev–Trinajstić information content (AvgIpc) is 1.87. The van der Waals surface area contributed by atoms with E-state index in [4.69, 9.17) is 5.11 Å². The van der Waals surface area contributed by atoms with E-state index >= 15 is 0 Å². The molecule has 0 aromatic carbocycles. The zero-order chi connectivity index (χ0) is 9.28. The van der Waals surface area contributed by atoms with Crippen molar-refractivity contribution in [1.29, 1.82) is 0 Å². The van der Waals surface area contributed by atoms with Gasteiger partial charge in [-0.1, -0.05) is 11.6 Å². The van der Waals surface area contributed by atoms with Crippen molar-refractivity contribution in [1.82, 2.24) is 0 Å². The summed E-state index contributed by atoms with van der Waals surface area (Å²) in [6.45, 7) is 0. The quantitative estimate of drug-likeness (QED) is 0.516. The van der Waals surface area contributed by atoms with Crippen molar-refractivity contribution in [2.45, 2.75) is 4.46 Å². The van der Waals surface area contributed by atoms with Crippen molar-refractivity contribution in [3.8, 4) is 0 Å². The summed E-state index contributed by atoms with van der Waals surface area (Å²) >= 11 is 4.48. The first-order chi connectivity index (χ1) is 4.75. The lowest BCUT2D eigenvalue weighted by Gasteiger charge is -2.10. The summed E-state index contributed by atoms with van der Waals surface area (Å²) in [6, 6.07) is 0. The molecule has 1 unspecified atom stereocenters. The van der Waals surface area contributed by atoms with Gasteiger partial charge in [-0.15, -0.1) is 0 Å². The molecule has 0 aromatic heterocycles. The van der Waals surface area contributed by atoms with Crippen LogP contribution >= 0.6 is 11.6 Å². The van der Waals surface area contributed by atoms with E-state index in [1.807, 2.05) is 0 Å². The lowest BCUT2D eigenvalue weighted by Crippen LogP contribution is -2.37. The smallest absolute Gasteiger partial charge is 0.403 e. The fraction of sp³-hybridized carbons (Fsp3) is 0.667. The Labute approximate surface area is 66.8 Å². The molecular weight excluding hydrogens is 203 g/mol. The van der Waals surface area contributed by atoms with Gasteiger partial charge in [-0.2, -0.15) is 12.8 Å². The molecule has 0 bridgehead atoms. The summed E-state index contributed by atoms with van der Waals surface area (Å²) in [5.41, 5.74) is 0. The Kier molecular flexibility index (Phi) is 2.81. The molecule has 0 saturated carbocycles. The second-order valence-corrected chi connectivity index (χ2v) is 3.99. The van der Waals surface area contributed by atoms with E-state index in [2.05, 4.69) is 15.8 Å². The number of hydrogen-bond acceptors (Lipinski definition) is 4. The minimum Gasteiger partial charge on any atom is -0.477 e.